The number of piperazine rings is 1. The fourth-order valence-electron chi connectivity index (χ4n) is 3.73. The molecule has 0 aliphatic carbocycles. The molecular formula is C22H33N3O4. The van der Waals surface area contributed by atoms with E-state index < -0.39 is 0 Å². The van der Waals surface area contributed by atoms with Crippen molar-refractivity contribution in [3.63, 3.8) is 0 Å². The topological polar surface area (TPSA) is 62.3 Å². The number of nitrogens with zero attached hydrogens (tertiary/aromatic N) is 3. The van der Waals surface area contributed by atoms with E-state index in [1.54, 1.807) is 4.90 Å². The molecule has 3 rings (SSSR count). The van der Waals surface area contributed by atoms with Crippen LogP contribution >= 0.6 is 0 Å². The monoisotopic (exact) mass is 403 g/mol. The highest BCUT2D eigenvalue weighted by Gasteiger charge is 2.26. The van der Waals surface area contributed by atoms with Crippen molar-refractivity contribution >= 4 is 11.8 Å². The van der Waals surface area contributed by atoms with Crippen LogP contribution in [0.4, 0.5) is 0 Å². The Bertz CT molecular complexity index is 708. The molecule has 160 valence electrons. The van der Waals surface area contributed by atoms with Crippen LogP contribution in [0.2, 0.25) is 0 Å². The van der Waals surface area contributed by atoms with Crippen LogP contribution in [-0.4, -0.2) is 92.1 Å². The molecule has 29 heavy (non-hydrogen) atoms. The van der Waals surface area contributed by atoms with E-state index in [1.807, 2.05) is 17.9 Å². The summed E-state index contributed by atoms with van der Waals surface area (Å²) in [5.41, 5.74) is 2.23. The molecule has 2 saturated heterocycles. The molecule has 0 N–H and O–H groups in total. The molecule has 7 heteroatoms. The zero-order chi connectivity index (χ0) is 20.8. The second kappa shape index (κ2) is 10.1. The number of carbonyl (C=O) groups is 2. The van der Waals surface area contributed by atoms with Gasteiger partial charge < -0.3 is 19.3 Å². The number of carbonyl (C=O) groups excluding carboxylic acids is 2. The third kappa shape index (κ3) is 5.93. The maximum atomic E-state index is 12.6. The van der Waals surface area contributed by atoms with Gasteiger partial charge in [-0.25, -0.2) is 0 Å². The van der Waals surface area contributed by atoms with E-state index in [4.69, 9.17) is 9.47 Å². The lowest BCUT2D eigenvalue weighted by Crippen LogP contribution is -2.54. The minimum atomic E-state index is -0.0264. The van der Waals surface area contributed by atoms with Gasteiger partial charge in [-0.05, 0) is 30.0 Å². The smallest absolute Gasteiger partial charge is 0.260 e. The highest BCUT2D eigenvalue weighted by atomic mass is 16.5. The van der Waals surface area contributed by atoms with Crippen molar-refractivity contribution < 1.29 is 19.1 Å². The van der Waals surface area contributed by atoms with Gasteiger partial charge in [0, 0.05) is 39.3 Å². The van der Waals surface area contributed by atoms with Gasteiger partial charge >= 0.3 is 0 Å². The molecule has 2 heterocycles. The van der Waals surface area contributed by atoms with Gasteiger partial charge in [-0.3, -0.25) is 14.5 Å². The van der Waals surface area contributed by atoms with Crippen LogP contribution in [0.5, 0.6) is 5.75 Å². The Morgan fingerprint density at radius 1 is 1.00 bits per heavy atom. The lowest BCUT2D eigenvalue weighted by molar-refractivity contribution is -0.141. The number of benzene rings is 1. The minimum Gasteiger partial charge on any atom is -0.483 e. The predicted molar refractivity (Wildman–Crippen MR) is 111 cm³/mol. The number of aryl methyl sites for hydroxylation is 1. The fraction of sp³-hybridized carbons (Fsp3) is 0.636. The van der Waals surface area contributed by atoms with Crippen molar-refractivity contribution in [1.29, 1.82) is 0 Å². The van der Waals surface area contributed by atoms with Crippen LogP contribution in [0.25, 0.3) is 0 Å². The second-order valence-corrected chi connectivity index (χ2v) is 8.13. The lowest BCUT2D eigenvalue weighted by atomic mass is 10.0. The molecule has 2 fully saturated rings. The molecule has 0 saturated carbocycles. The highest BCUT2D eigenvalue weighted by molar-refractivity contribution is 5.80. The number of hydrogen-bond acceptors (Lipinski definition) is 5. The summed E-state index contributed by atoms with van der Waals surface area (Å²) in [7, 11) is 0. The summed E-state index contributed by atoms with van der Waals surface area (Å²) >= 11 is 0. The van der Waals surface area contributed by atoms with Crippen LogP contribution in [-0.2, 0) is 14.3 Å². The van der Waals surface area contributed by atoms with Crippen molar-refractivity contribution in [3.8, 4) is 5.75 Å². The molecule has 0 unspecified atom stereocenters. The lowest BCUT2D eigenvalue weighted by Gasteiger charge is -2.36. The summed E-state index contributed by atoms with van der Waals surface area (Å²) in [6.07, 6.45) is 0. The molecule has 0 radical (unpaired) electrons. The molecule has 0 atom stereocenters. The largest absolute Gasteiger partial charge is 0.483 e. The molecule has 2 aliphatic heterocycles. The Morgan fingerprint density at radius 2 is 1.62 bits per heavy atom. The van der Waals surface area contributed by atoms with Crippen molar-refractivity contribution in [2.45, 2.75) is 26.7 Å². The zero-order valence-corrected chi connectivity index (χ0v) is 17.9. The zero-order valence-electron chi connectivity index (χ0n) is 17.9. The van der Waals surface area contributed by atoms with Gasteiger partial charge in [-0.15, -0.1) is 0 Å². The Hall–Kier alpha value is -2.12. The average molecular weight is 404 g/mol. The molecule has 1 aromatic rings. The molecule has 0 spiro atoms. The molecule has 0 bridgehead atoms. The van der Waals surface area contributed by atoms with E-state index in [0.29, 0.717) is 51.9 Å². The van der Waals surface area contributed by atoms with Gasteiger partial charge in [0.2, 0.25) is 5.91 Å². The summed E-state index contributed by atoms with van der Waals surface area (Å²) in [6, 6.07) is 6.13. The number of rotatable bonds is 6. The van der Waals surface area contributed by atoms with Gasteiger partial charge in [0.15, 0.2) is 6.61 Å². The maximum Gasteiger partial charge on any atom is 0.260 e. The van der Waals surface area contributed by atoms with Crippen LogP contribution < -0.4 is 4.74 Å². The Balaban J connectivity index is 1.45. The van der Waals surface area contributed by atoms with Crippen molar-refractivity contribution in [1.82, 2.24) is 14.7 Å². The first kappa shape index (κ1) is 21.6. The van der Waals surface area contributed by atoms with Crippen molar-refractivity contribution in [3.05, 3.63) is 29.3 Å². The summed E-state index contributed by atoms with van der Waals surface area (Å²) in [5, 5.41) is 0. The number of hydrogen-bond donors (Lipinski definition) is 0. The summed E-state index contributed by atoms with van der Waals surface area (Å²) in [5.74, 6) is 1.23. The van der Waals surface area contributed by atoms with Crippen LogP contribution in [0.1, 0.15) is 30.9 Å². The molecule has 2 amide bonds. The Morgan fingerprint density at radius 3 is 2.24 bits per heavy atom. The van der Waals surface area contributed by atoms with E-state index in [1.165, 1.54) is 0 Å². The SMILES string of the molecule is Cc1ccc(C(C)C)c(OCC(=O)N2CCN(C(=O)CN3CCOCC3)CC2)c1. The third-order valence-corrected chi connectivity index (χ3v) is 5.59. The average Bonchev–Trinajstić information content (AvgIpc) is 2.72. The van der Waals surface area contributed by atoms with Gasteiger partial charge in [0.05, 0.1) is 19.8 Å². The Kier molecular flexibility index (Phi) is 7.50. The van der Waals surface area contributed by atoms with Crippen LogP contribution in [0.15, 0.2) is 18.2 Å². The fourth-order valence-corrected chi connectivity index (χ4v) is 3.73. The quantitative estimate of drug-likeness (QED) is 0.720. The van der Waals surface area contributed by atoms with Gasteiger partial charge in [-0.1, -0.05) is 26.0 Å². The van der Waals surface area contributed by atoms with Gasteiger partial charge in [0.1, 0.15) is 5.75 Å². The summed E-state index contributed by atoms with van der Waals surface area (Å²) in [6.45, 7) is 12.0. The van der Waals surface area contributed by atoms with E-state index in [9.17, 15) is 9.59 Å². The van der Waals surface area contributed by atoms with Crippen LogP contribution in [0.3, 0.4) is 0 Å². The van der Waals surface area contributed by atoms with E-state index in [2.05, 4.69) is 30.9 Å². The highest BCUT2D eigenvalue weighted by Crippen LogP contribution is 2.27. The Labute approximate surface area is 173 Å². The molecule has 1 aromatic carbocycles. The first-order chi connectivity index (χ1) is 13.9. The summed E-state index contributed by atoms with van der Waals surface area (Å²) in [4.78, 5) is 30.9. The van der Waals surface area contributed by atoms with Crippen molar-refractivity contribution in [2.24, 2.45) is 0 Å². The number of amides is 2. The first-order valence-corrected chi connectivity index (χ1v) is 10.5. The second-order valence-electron chi connectivity index (χ2n) is 8.13. The predicted octanol–water partition coefficient (Wildman–Crippen LogP) is 1.50. The number of ether oxygens (including phenoxy) is 2. The molecule has 7 nitrogen and oxygen atoms in total. The van der Waals surface area contributed by atoms with Gasteiger partial charge in [0.25, 0.3) is 5.91 Å². The number of morpholine rings is 1. The molecular weight excluding hydrogens is 370 g/mol. The normalized spacial score (nSPS) is 18.2. The minimum absolute atomic E-state index is 0.0264. The van der Waals surface area contributed by atoms with Crippen LogP contribution in [0, 0.1) is 6.92 Å². The first-order valence-electron chi connectivity index (χ1n) is 10.5. The van der Waals surface area contributed by atoms with E-state index >= 15 is 0 Å². The molecule has 0 aromatic heterocycles. The molecule has 2 aliphatic rings. The van der Waals surface area contributed by atoms with Gasteiger partial charge in [-0.2, -0.15) is 0 Å². The standard InChI is InChI=1S/C22H33N3O4/c1-17(2)19-5-4-18(3)14-20(19)29-16-22(27)25-8-6-24(7-9-25)21(26)15-23-10-12-28-13-11-23/h4-5,14,17H,6-13,15-16H2,1-3H3. The maximum absolute atomic E-state index is 12.6. The van der Waals surface area contributed by atoms with E-state index in [0.717, 1.165) is 30.0 Å². The summed E-state index contributed by atoms with van der Waals surface area (Å²) < 4.78 is 11.2. The van der Waals surface area contributed by atoms with E-state index in [-0.39, 0.29) is 18.4 Å². The third-order valence-electron chi connectivity index (χ3n) is 5.59. The van der Waals surface area contributed by atoms with Crippen molar-refractivity contribution in [2.75, 3.05) is 65.6 Å².